The summed E-state index contributed by atoms with van der Waals surface area (Å²) in [5.41, 5.74) is 0.196. The molecule has 9 heteroatoms. The van der Waals surface area contributed by atoms with E-state index in [0.29, 0.717) is 38.4 Å². The molecular weight excluding hydrogens is 358 g/mol. The Hall–Kier alpha value is -1.87. The molecule has 2 saturated heterocycles. The fourth-order valence-electron chi connectivity index (χ4n) is 3.82. The number of likely N-dealkylation sites (tertiary alicyclic amines) is 1. The molecule has 1 amide bonds. The molecule has 0 bridgehead atoms. The van der Waals surface area contributed by atoms with E-state index in [1.165, 1.54) is 26.0 Å². The van der Waals surface area contributed by atoms with Crippen LogP contribution in [-0.2, 0) is 21.9 Å². The van der Waals surface area contributed by atoms with Crippen LogP contribution < -0.4 is 0 Å². The Morgan fingerprint density at radius 2 is 1.88 bits per heavy atom. The van der Waals surface area contributed by atoms with Crippen LogP contribution >= 0.6 is 0 Å². The molecule has 2 fully saturated rings. The number of carboxylic acids is 1. The molecule has 0 saturated carbocycles. The summed E-state index contributed by atoms with van der Waals surface area (Å²) in [4.78, 5) is 25.5. The fourth-order valence-corrected chi connectivity index (χ4v) is 5.49. The highest BCUT2D eigenvalue weighted by atomic mass is 32.2. The third kappa shape index (κ3) is 3.37. The van der Waals surface area contributed by atoms with Gasteiger partial charge in [-0.1, -0.05) is 6.92 Å². The number of nitrogens with zero attached hydrogens (tertiary/aromatic N) is 3. The largest absolute Gasteiger partial charge is 0.480 e. The van der Waals surface area contributed by atoms with Crippen molar-refractivity contribution >= 4 is 21.9 Å². The molecule has 8 nitrogen and oxygen atoms in total. The zero-order chi connectivity index (χ0) is 19.1. The highest BCUT2D eigenvalue weighted by Crippen LogP contribution is 2.26. The molecule has 0 aromatic carbocycles. The van der Waals surface area contributed by atoms with E-state index in [1.54, 1.807) is 7.05 Å². The number of rotatable bonds is 4. The van der Waals surface area contributed by atoms with E-state index in [2.05, 4.69) is 0 Å². The molecule has 1 unspecified atom stereocenters. The van der Waals surface area contributed by atoms with Crippen molar-refractivity contribution in [2.24, 2.45) is 13.0 Å². The van der Waals surface area contributed by atoms with Crippen LogP contribution in [0, 0.1) is 5.92 Å². The number of piperidine rings is 1. The molecule has 3 heterocycles. The third-order valence-corrected chi connectivity index (χ3v) is 7.09. The van der Waals surface area contributed by atoms with Crippen LogP contribution in [0.2, 0.25) is 0 Å². The predicted molar refractivity (Wildman–Crippen MR) is 94.3 cm³/mol. The molecule has 0 spiro atoms. The SMILES string of the molecule is CC1CCCN(S(=O)(=O)c2cc(C(=O)N3CCC[C@H]3C(=O)O)n(C)c2)C1. The first-order chi connectivity index (χ1) is 12.2. The molecule has 3 rings (SSSR count). The minimum absolute atomic E-state index is 0.0866. The van der Waals surface area contributed by atoms with Gasteiger partial charge in [0.05, 0.1) is 0 Å². The van der Waals surface area contributed by atoms with Gasteiger partial charge in [0.2, 0.25) is 10.0 Å². The second-order valence-electron chi connectivity index (χ2n) is 7.28. The number of sulfonamides is 1. The molecule has 1 aromatic rings. The molecule has 144 valence electrons. The van der Waals surface area contributed by atoms with Gasteiger partial charge in [0.15, 0.2) is 0 Å². The van der Waals surface area contributed by atoms with Crippen molar-refractivity contribution < 1.29 is 23.1 Å². The number of carbonyl (C=O) groups excluding carboxylic acids is 1. The van der Waals surface area contributed by atoms with E-state index in [-0.39, 0.29) is 10.6 Å². The van der Waals surface area contributed by atoms with Crippen LogP contribution in [0.25, 0.3) is 0 Å². The van der Waals surface area contributed by atoms with E-state index in [1.807, 2.05) is 6.92 Å². The topological polar surface area (TPSA) is 99.9 Å². The van der Waals surface area contributed by atoms with Gasteiger partial charge in [-0.05, 0) is 37.7 Å². The molecule has 1 aromatic heterocycles. The second kappa shape index (κ2) is 7.03. The first-order valence-electron chi connectivity index (χ1n) is 8.92. The molecule has 0 aliphatic carbocycles. The zero-order valence-electron chi connectivity index (χ0n) is 15.1. The lowest BCUT2D eigenvalue weighted by atomic mass is 10.0. The van der Waals surface area contributed by atoms with Crippen molar-refractivity contribution in [1.29, 1.82) is 0 Å². The summed E-state index contributed by atoms with van der Waals surface area (Å²) in [5.74, 6) is -1.16. The minimum atomic E-state index is -3.66. The summed E-state index contributed by atoms with van der Waals surface area (Å²) in [6.07, 6.45) is 4.32. The number of aryl methyl sites for hydroxylation is 1. The van der Waals surface area contributed by atoms with Gasteiger partial charge in [0.25, 0.3) is 5.91 Å². The van der Waals surface area contributed by atoms with E-state index < -0.39 is 27.9 Å². The van der Waals surface area contributed by atoms with Gasteiger partial charge in [-0.2, -0.15) is 4.31 Å². The Morgan fingerprint density at radius 3 is 2.54 bits per heavy atom. The third-order valence-electron chi connectivity index (χ3n) is 5.26. The van der Waals surface area contributed by atoms with Crippen LogP contribution in [0.15, 0.2) is 17.2 Å². The lowest BCUT2D eigenvalue weighted by Crippen LogP contribution is -2.41. The predicted octanol–water partition coefficient (Wildman–Crippen LogP) is 1.13. The number of aliphatic carboxylic acids is 1. The number of carboxylic acid groups (broad SMARTS) is 1. The average molecular weight is 383 g/mol. The van der Waals surface area contributed by atoms with E-state index >= 15 is 0 Å². The highest BCUT2D eigenvalue weighted by molar-refractivity contribution is 7.89. The summed E-state index contributed by atoms with van der Waals surface area (Å²) >= 11 is 0. The lowest BCUT2D eigenvalue weighted by molar-refractivity contribution is -0.141. The maximum atomic E-state index is 12.9. The Balaban J connectivity index is 1.87. The van der Waals surface area contributed by atoms with Crippen molar-refractivity contribution in [2.45, 2.75) is 43.5 Å². The monoisotopic (exact) mass is 383 g/mol. The van der Waals surface area contributed by atoms with Gasteiger partial charge in [0.1, 0.15) is 16.6 Å². The van der Waals surface area contributed by atoms with Gasteiger partial charge in [-0.15, -0.1) is 0 Å². The number of carbonyl (C=O) groups is 2. The van der Waals surface area contributed by atoms with Crippen molar-refractivity contribution in [3.8, 4) is 0 Å². The van der Waals surface area contributed by atoms with Crippen molar-refractivity contribution in [1.82, 2.24) is 13.8 Å². The van der Waals surface area contributed by atoms with Crippen molar-refractivity contribution in [2.75, 3.05) is 19.6 Å². The number of aromatic nitrogens is 1. The molecule has 0 radical (unpaired) electrons. The maximum absolute atomic E-state index is 12.9. The smallest absolute Gasteiger partial charge is 0.326 e. The van der Waals surface area contributed by atoms with Crippen LogP contribution in [0.3, 0.4) is 0 Å². The Kier molecular flexibility index (Phi) is 5.12. The Morgan fingerprint density at radius 1 is 1.19 bits per heavy atom. The van der Waals surface area contributed by atoms with E-state index in [9.17, 15) is 23.1 Å². The van der Waals surface area contributed by atoms with Gasteiger partial charge in [0, 0.05) is 32.9 Å². The van der Waals surface area contributed by atoms with Gasteiger partial charge in [-0.25, -0.2) is 13.2 Å². The molecular formula is C17H25N3O5S. The normalized spacial score (nSPS) is 24.8. The fraction of sp³-hybridized carbons (Fsp3) is 0.647. The lowest BCUT2D eigenvalue weighted by Gasteiger charge is -2.29. The molecule has 2 aliphatic heterocycles. The summed E-state index contributed by atoms with van der Waals surface area (Å²) in [6.45, 7) is 3.36. The van der Waals surface area contributed by atoms with Crippen LogP contribution in [-0.4, -0.2) is 64.8 Å². The van der Waals surface area contributed by atoms with Crippen LogP contribution in [0.5, 0.6) is 0 Å². The molecule has 26 heavy (non-hydrogen) atoms. The summed E-state index contributed by atoms with van der Waals surface area (Å²) < 4.78 is 28.8. The molecule has 2 aliphatic rings. The highest BCUT2D eigenvalue weighted by Gasteiger charge is 2.36. The van der Waals surface area contributed by atoms with E-state index in [4.69, 9.17) is 0 Å². The van der Waals surface area contributed by atoms with Crippen LogP contribution in [0.4, 0.5) is 0 Å². The number of amides is 1. The van der Waals surface area contributed by atoms with Gasteiger partial charge < -0.3 is 14.6 Å². The Labute approximate surface area is 153 Å². The zero-order valence-corrected chi connectivity index (χ0v) is 15.9. The second-order valence-corrected chi connectivity index (χ2v) is 9.22. The summed E-state index contributed by atoms with van der Waals surface area (Å²) in [5, 5.41) is 9.27. The van der Waals surface area contributed by atoms with Gasteiger partial charge >= 0.3 is 5.97 Å². The number of hydrogen-bond acceptors (Lipinski definition) is 4. The minimum Gasteiger partial charge on any atom is -0.480 e. The summed E-state index contributed by atoms with van der Waals surface area (Å²) in [7, 11) is -2.05. The standard InChI is InChI=1S/C17H25N3O5S/c1-12-5-3-7-19(10-12)26(24,25)13-9-15(18(2)11-13)16(21)20-8-4-6-14(20)17(22)23/h9,11-12,14H,3-8,10H2,1-2H3,(H,22,23)/t12?,14-/m0/s1. The summed E-state index contributed by atoms with van der Waals surface area (Å²) in [6, 6.07) is 0.522. The Bertz CT molecular complexity index is 816. The molecule has 1 N–H and O–H groups in total. The average Bonchev–Trinajstić information content (AvgIpc) is 3.21. The molecule has 2 atom stereocenters. The quantitative estimate of drug-likeness (QED) is 0.840. The van der Waals surface area contributed by atoms with Crippen molar-refractivity contribution in [3.05, 3.63) is 18.0 Å². The first-order valence-corrected chi connectivity index (χ1v) is 10.4. The first kappa shape index (κ1) is 18.9. The van der Waals surface area contributed by atoms with Crippen molar-refractivity contribution in [3.63, 3.8) is 0 Å². The van der Waals surface area contributed by atoms with Gasteiger partial charge in [-0.3, -0.25) is 4.79 Å². The van der Waals surface area contributed by atoms with Crippen LogP contribution in [0.1, 0.15) is 43.1 Å². The van der Waals surface area contributed by atoms with E-state index in [0.717, 1.165) is 12.8 Å². The number of hydrogen-bond donors (Lipinski definition) is 1. The maximum Gasteiger partial charge on any atom is 0.326 e.